The first-order valence-electron chi connectivity index (χ1n) is 13.2. The zero-order valence-electron chi connectivity index (χ0n) is 22.2. The lowest BCUT2D eigenvalue weighted by molar-refractivity contribution is -0.0509. The Morgan fingerprint density at radius 2 is 1.88 bits per heavy atom. The molecule has 1 aliphatic rings. The molecule has 0 bridgehead atoms. The van der Waals surface area contributed by atoms with E-state index in [0.717, 1.165) is 5.56 Å². The third-order valence-corrected chi connectivity index (χ3v) is 9.39. The summed E-state index contributed by atoms with van der Waals surface area (Å²) in [5, 5.41) is 23.7. The number of amides is 1. The van der Waals surface area contributed by atoms with E-state index in [1.54, 1.807) is 12.1 Å². The molecule has 3 aromatic carbocycles. The van der Waals surface area contributed by atoms with E-state index in [1.807, 2.05) is 25.1 Å². The smallest absolute Gasteiger partial charge is 0.404 e. The van der Waals surface area contributed by atoms with Crippen LogP contribution in [0.5, 0.6) is 0 Å². The van der Waals surface area contributed by atoms with Crippen molar-refractivity contribution in [3.05, 3.63) is 89.2 Å². The highest BCUT2D eigenvalue weighted by atomic mass is 32.2. The number of rotatable bonds is 10. The number of sulfonamides is 1. The second-order valence-electron chi connectivity index (χ2n) is 10.2. The molecule has 0 spiro atoms. The average molecular weight is 569 g/mol. The summed E-state index contributed by atoms with van der Waals surface area (Å²) >= 11 is 0. The van der Waals surface area contributed by atoms with Gasteiger partial charge in [0.25, 0.3) is 0 Å². The van der Waals surface area contributed by atoms with Crippen molar-refractivity contribution in [2.45, 2.75) is 43.1 Å². The predicted molar refractivity (Wildman–Crippen MR) is 149 cm³/mol. The fourth-order valence-electron chi connectivity index (χ4n) is 5.51. The lowest BCUT2D eigenvalue weighted by Gasteiger charge is -2.43. The van der Waals surface area contributed by atoms with Crippen LogP contribution in [0.2, 0.25) is 0 Å². The number of aldehydes is 1. The maximum atomic E-state index is 15.5. The Labute approximate surface area is 233 Å². The van der Waals surface area contributed by atoms with Gasteiger partial charge in [-0.1, -0.05) is 54.1 Å². The maximum Gasteiger partial charge on any atom is 0.404 e. The Balaban J connectivity index is 1.75. The van der Waals surface area contributed by atoms with E-state index in [0.29, 0.717) is 35.8 Å². The zero-order chi connectivity index (χ0) is 28.9. The molecule has 3 aromatic rings. The molecule has 0 saturated carbocycles. The number of hydrogen-bond donors (Lipinski definition) is 3. The van der Waals surface area contributed by atoms with Crippen molar-refractivity contribution in [1.29, 1.82) is 0 Å². The molecule has 4 rings (SSSR count). The van der Waals surface area contributed by atoms with E-state index in [1.165, 1.54) is 40.7 Å². The van der Waals surface area contributed by atoms with Gasteiger partial charge < -0.3 is 15.5 Å². The van der Waals surface area contributed by atoms with Gasteiger partial charge in [0.1, 0.15) is 12.1 Å². The van der Waals surface area contributed by atoms with Crippen LogP contribution in [0.25, 0.3) is 11.1 Å². The Kier molecular flexibility index (Phi) is 9.02. The largest absolute Gasteiger partial charge is 0.465 e. The summed E-state index contributed by atoms with van der Waals surface area (Å²) in [7, 11) is -3.93. The summed E-state index contributed by atoms with van der Waals surface area (Å²) in [5.41, 5.74) is 0.783. The first-order valence-corrected chi connectivity index (χ1v) is 14.6. The number of carboxylic acid groups (broad SMARTS) is 1. The molecule has 212 valence electrons. The second-order valence-corrected chi connectivity index (χ2v) is 12.1. The fourth-order valence-corrected chi connectivity index (χ4v) is 7.03. The number of benzene rings is 3. The Morgan fingerprint density at radius 3 is 2.55 bits per heavy atom. The average Bonchev–Trinajstić information content (AvgIpc) is 2.95. The quantitative estimate of drug-likeness (QED) is 0.235. The molecule has 0 aliphatic carbocycles. The van der Waals surface area contributed by atoms with Gasteiger partial charge in [-0.25, -0.2) is 17.6 Å². The Bertz CT molecular complexity index is 1480. The van der Waals surface area contributed by atoms with Gasteiger partial charge in [-0.3, -0.25) is 4.79 Å². The van der Waals surface area contributed by atoms with Gasteiger partial charge in [0, 0.05) is 36.7 Å². The van der Waals surface area contributed by atoms with Crippen LogP contribution in [-0.2, 0) is 15.6 Å². The van der Waals surface area contributed by atoms with E-state index in [4.69, 9.17) is 5.11 Å². The first-order chi connectivity index (χ1) is 19.1. The van der Waals surface area contributed by atoms with Crippen LogP contribution in [0.4, 0.5) is 9.18 Å². The van der Waals surface area contributed by atoms with Crippen LogP contribution in [-0.4, -0.2) is 54.9 Å². The van der Waals surface area contributed by atoms with E-state index in [9.17, 15) is 23.1 Å². The lowest BCUT2D eigenvalue weighted by atomic mass is 9.72. The number of aliphatic hydroxyl groups is 1. The van der Waals surface area contributed by atoms with Crippen LogP contribution in [0.15, 0.2) is 71.6 Å². The molecule has 40 heavy (non-hydrogen) atoms. The molecule has 0 radical (unpaired) electrons. The van der Waals surface area contributed by atoms with Crippen LogP contribution in [0, 0.1) is 18.7 Å². The molecule has 1 aliphatic heterocycles. The van der Waals surface area contributed by atoms with E-state index in [-0.39, 0.29) is 42.9 Å². The molecule has 10 heteroatoms. The monoisotopic (exact) mass is 568 g/mol. The van der Waals surface area contributed by atoms with Crippen molar-refractivity contribution in [2.24, 2.45) is 5.92 Å². The molecule has 1 heterocycles. The SMILES string of the molecule is Cc1cccc(-c2c(F)cccc2C(O)(CCCNC(=O)O)[C@@H]2CCCN(S(=O)(=O)c3ccc(C=O)cc3)C2)c1. The minimum Gasteiger partial charge on any atom is -0.465 e. The molecule has 1 unspecified atom stereocenters. The summed E-state index contributed by atoms with van der Waals surface area (Å²) in [6.45, 7) is 2.20. The number of aryl methyl sites for hydroxylation is 1. The number of nitrogens with one attached hydrogen (secondary N) is 1. The van der Waals surface area contributed by atoms with E-state index in [2.05, 4.69) is 5.32 Å². The second kappa shape index (κ2) is 12.3. The predicted octanol–water partition coefficient (Wildman–Crippen LogP) is 4.95. The maximum absolute atomic E-state index is 15.5. The molecule has 8 nitrogen and oxygen atoms in total. The van der Waals surface area contributed by atoms with Gasteiger partial charge in [0.2, 0.25) is 10.0 Å². The number of piperidine rings is 1. The van der Waals surface area contributed by atoms with Crippen molar-refractivity contribution >= 4 is 22.4 Å². The normalized spacial score (nSPS) is 17.6. The summed E-state index contributed by atoms with van der Waals surface area (Å²) in [6.07, 6.45) is 0.747. The van der Waals surface area contributed by atoms with Crippen LogP contribution < -0.4 is 5.32 Å². The highest BCUT2D eigenvalue weighted by Crippen LogP contribution is 2.45. The summed E-state index contributed by atoms with van der Waals surface area (Å²) < 4.78 is 43.9. The van der Waals surface area contributed by atoms with Gasteiger partial charge in [-0.15, -0.1) is 0 Å². The molecular weight excluding hydrogens is 535 g/mol. The highest BCUT2D eigenvalue weighted by Gasteiger charge is 2.44. The number of nitrogens with zero attached hydrogens (tertiary/aromatic N) is 1. The minimum atomic E-state index is -3.93. The standard InChI is InChI=1S/C30H33FN2O6S/c1-21-6-2-7-23(18-21)28-26(9-3-10-27(28)31)30(37,15-5-16-32-29(35)36)24-8-4-17-33(19-24)40(38,39)25-13-11-22(20-34)12-14-25/h2-3,6-7,9-14,18,20,24,32,37H,4-5,8,15-17,19H2,1H3,(H,35,36)/t24-,30?/m1/s1. The number of halogens is 1. The van der Waals surface area contributed by atoms with Gasteiger partial charge in [-0.2, -0.15) is 4.31 Å². The highest BCUT2D eigenvalue weighted by molar-refractivity contribution is 7.89. The van der Waals surface area contributed by atoms with Crippen LogP contribution in [0.3, 0.4) is 0 Å². The molecule has 2 atom stereocenters. The first kappa shape index (κ1) is 29.4. The van der Waals surface area contributed by atoms with Crippen LogP contribution >= 0.6 is 0 Å². The third kappa shape index (κ3) is 6.24. The van der Waals surface area contributed by atoms with Gasteiger partial charge in [0.15, 0.2) is 0 Å². The number of carbonyl (C=O) groups is 2. The van der Waals surface area contributed by atoms with Crippen molar-refractivity contribution in [3.63, 3.8) is 0 Å². The molecule has 1 saturated heterocycles. The third-order valence-electron chi connectivity index (χ3n) is 7.51. The van der Waals surface area contributed by atoms with E-state index >= 15 is 4.39 Å². The molecule has 1 fully saturated rings. The summed E-state index contributed by atoms with van der Waals surface area (Å²) in [4.78, 5) is 22.1. The number of hydrogen-bond acceptors (Lipinski definition) is 5. The summed E-state index contributed by atoms with van der Waals surface area (Å²) in [6, 6.07) is 17.4. The van der Waals surface area contributed by atoms with Crippen molar-refractivity contribution < 1.29 is 32.6 Å². The number of carbonyl (C=O) groups excluding carboxylic acids is 1. The minimum absolute atomic E-state index is 0.00953. The van der Waals surface area contributed by atoms with Crippen molar-refractivity contribution in [3.8, 4) is 11.1 Å². The van der Waals surface area contributed by atoms with Crippen LogP contribution in [0.1, 0.15) is 47.2 Å². The van der Waals surface area contributed by atoms with E-state index < -0.39 is 33.5 Å². The topological polar surface area (TPSA) is 124 Å². The molecular formula is C30H33FN2O6S. The molecule has 1 amide bonds. The van der Waals surface area contributed by atoms with Gasteiger partial charge in [-0.05, 0) is 61.9 Å². The lowest BCUT2D eigenvalue weighted by Crippen LogP contribution is -2.48. The zero-order valence-corrected chi connectivity index (χ0v) is 23.0. The molecule has 3 N–H and O–H groups in total. The summed E-state index contributed by atoms with van der Waals surface area (Å²) in [5.74, 6) is -1.11. The Hall–Kier alpha value is -3.60. The van der Waals surface area contributed by atoms with Gasteiger partial charge in [0.05, 0.1) is 10.5 Å². The van der Waals surface area contributed by atoms with Gasteiger partial charge >= 0.3 is 6.09 Å². The fraction of sp³-hybridized carbons (Fsp3) is 0.333. The molecule has 0 aromatic heterocycles. The van der Waals surface area contributed by atoms with Crippen molar-refractivity contribution in [1.82, 2.24) is 9.62 Å². The van der Waals surface area contributed by atoms with Crippen molar-refractivity contribution in [2.75, 3.05) is 19.6 Å². The Morgan fingerprint density at radius 1 is 1.15 bits per heavy atom.